The van der Waals surface area contributed by atoms with Crippen molar-refractivity contribution in [2.24, 2.45) is 0 Å². The topological polar surface area (TPSA) is 18.5 Å². The first-order valence-electron chi connectivity index (χ1n) is 8.38. The number of benzene rings is 3. The SMILES string of the molecule is COc1ccc([Se]Cc2cccc(C[Se]c3ccc(OC)cc3)c2)cc1. The first kappa shape index (κ1) is 19.1. The third-order valence-corrected chi connectivity index (χ3v) is 8.47. The molecule has 0 saturated carbocycles. The van der Waals surface area contributed by atoms with E-state index in [2.05, 4.69) is 48.5 Å². The molecule has 2 nitrogen and oxygen atoms in total. The van der Waals surface area contributed by atoms with Crippen LogP contribution in [0.4, 0.5) is 0 Å². The van der Waals surface area contributed by atoms with Crippen LogP contribution in [0.15, 0.2) is 72.8 Å². The van der Waals surface area contributed by atoms with Gasteiger partial charge in [0, 0.05) is 0 Å². The average molecular weight is 476 g/mol. The predicted octanol–water partition coefficient (Wildman–Crippen LogP) is 2.76. The zero-order valence-corrected chi connectivity index (χ0v) is 18.4. The van der Waals surface area contributed by atoms with E-state index in [1.807, 2.05) is 24.3 Å². The standard InChI is InChI=1S/C22H22O2Se2/c1-23-19-6-10-21(11-7-19)25-15-17-4-3-5-18(14-17)16-26-22-12-8-20(24-2)9-13-22/h3-14H,15-16H2,1-2H3. The van der Waals surface area contributed by atoms with Gasteiger partial charge in [0.05, 0.1) is 0 Å². The molecule has 0 unspecified atom stereocenters. The van der Waals surface area contributed by atoms with Crippen LogP contribution in [0, 0.1) is 0 Å². The van der Waals surface area contributed by atoms with Crippen LogP contribution in [0.1, 0.15) is 11.1 Å². The molecule has 3 aromatic rings. The molecule has 26 heavy (non-hydrogen) atoms. The summed E-state index contributed by atoms with van der Waals surface area (Å²) in [5.41, 5.74) is 2.87. The molecule has 0 aliphatic heterocycles. The van der Waals surface area contributed by atoms with E-state index < -0.39 is 0 Å². The quantitative estimate of drug-likeness (QED) is 0.466. The molecule has 134 valence electrons. The van der Waals surface area contributed by atoms with Gasteiger partial charge in [-0.15, -0.1) is 0 Å². The fourth-order valence-corrected chi connectivity index (χ4v) is 6.02. The van der Waals surface area contributed by atoms with Gasteiger partial charge in [0.25, 0.3) is 0 Å². The van der Waals surface area contributed by atoms with Crippen molar-refractivity contribution in [3.8, 4) is 11.5 Å². The van der Waals surface area contributed by atoms with Crippen molar-refractivity contribution in [1.82, 2.24) is 0 Å². The summed E-state index contributed by atoms with van der Waals surface area (Å²) in [5.74, 6) is 1.85. The summed E-state index contributed by atoms with van der Waals surface area (Å²) in [5, 5.41) is 2.26. The van der Waals surface area contributed by atoms with Crippen molar-refractivity contribution in [2.75, 3.05) is 14.2 Å². The number of rotatable bonds is 8. The Morgan fingerprint density at radius 3 is 1.42 bits per heavy atom. The van der Waals surface area contributed by atoms with Crippen LogP contribution in [0.5, 0.6) is 11.5 Å². The zero-order chi connectivity index (χ0) is 18.2. The minimum absolute atomic E-state index is 0.450. The number of methoxy groups -OCH3 is 2. The fraction of sp³-hybridized carbons (Fsp3) is 0.182. The molecule has 3 aromatic carbocycles. The Hall–Kier alpha value is -1.70. The molecule has 0 bridgehead atoms. The van der Waals surface area contributed by atoms with Crippen LogP contribution in [0.3, 0.4) is 0 Å². The van der Waals surface area contributed by atoms with Crippen molar-refractivity contribution >= 4 is 38.8 Å². The Bertz CT molecular complexity index is 748. The number of hydrogen-bond donors (Lipinski definition) is 0. The molecule has 0 aromatic heterocycles. The van der Waals surface area contributed by atoms with E-state index in [0.717, 1.165) is 22.1 Å². The Kier molecular flexibility index (Phi) is 7.22. The van der Waals surface area contributed by atoms with Gasteiger partial charge < -0.3 is 0 Å². The first-order chi connectivity index (χ1) is 12.8. The van der Waals surface area contributed by atoms with Crippen LogP contribution in [0.2, 0.25) is 0 Å². The van der Waals surface area contributed by atoms with Crippen LogP contribution in [0.25, 0.3) is 0 Å². The van der Waals surface area contributed by atoms with Crippen molar-refractivity contribution < 1.29 is 9.47 Å². The molecule has 0 amide bonds. The van der Waals surface area contributed by atoms with Crippen molar-refractivity contribution in [3.63, 3.8) is 0 Å². The third-order valence-electron chi connectivity index (χ3n) is 3.92. The molecule has 0 atom stereocenters. The summed E-state index contributed by atoms with van der Waals surface area (Å²) in [7, 11) is 3.41. The Morgan fingerprint density at radius 1 is 0.615 bits per heavy atom. The summed E-state index contributed by atoms with van der Waals surface area (Å²) < 4.78 is 13.3. The molecular formula is C22H22O2Se2. The second-order valence-electron chi connectivity index (χ2n) is 5.75. The predicted molar refractivity (Wildman–Crippen MR) is 111 cm³/mol. The second-order valence-corrected chi connectivity index (χ2v) is 10.1. The maximum atomic E-state index is 5.23. The molecule has 0 heterocycles. The van der Waals surface area contributed by atoms with Gasteiger partial charge in [0.2, 0.25) is 0 Å². The molecule has 0 spiro atoms. The van der Waals surface area contributed by atoms with Gasteiger partial charge in [-0.25, -0.2) is 0 Å². The van der Waals surface area contributed by atoms with Crippen molar-refractivity contribution in [3.05, 3.63) is 83.9 Å². The summed E-state index contributed by atoms with van der Waals surface area (Å²) in [4.78, 5) is 0. The van der Waals surface area contributed by atoms with Crippen LogP contribution >= 0.6 is 0 Å². The summed E-state index contributed by atoms with van der Waals surface area (Å²) in [6.07, 6.45) is 0. The number of ether oxygens (including phenoxy) is 2. The molecule has 0 saturated heterocycles. The van der Waals surface area contributed by atoms with E-state index in [-0.39, 0.29) is 0 Å². The first-order valence-corrected chi connectivity index (χ1v) is 12.5. The summed E-state index contributed by atoms with van der Waals surface area (Å²) in [6.45, 7) is 0. The van der Waals surface area contributed by atoms with E-state index in [4.69, 9.17) is 9.47 Å². The monoisotopic (exact) mass is 478 g/mol. The van der Waals surface area contributed by atoms with Gasteiger partial charge in [-0.3, -0.25) is 0 Å². The van der Waals surface area contributed by atoms with E-state index in [9.17, 15) is 0 Å². The van der Waals surface area contributed by atoms with E-state index in [0.29, 0.717) is 29.9 Å². The zero-order valence-electron chi connectivity index (χ0n) is 15.0. The number of hydrogen-bond acceptors (Lipinski definition) is 2. The van der Waals surface area contributed by atoms with Crippen LogP contribution in [-0.2, 0) is 10.6 Å². The second kappa shape index (κ2) is 9.85. The molecule has 4 heteroatoms. The van der Waals surface area contributed by atoms with Crippen LogP contribution in [-0.4, -0.2) is 44.1 Å². The molecule has 0 aliphatic rings. The van der Waals surface area contributed by atoms with Crippen molar-refractivity contribution in [1.29, 1.82) is 0 Å². The van der Waals surface area contributed by atoms with Crippen molar-refractivity contribution in [2.45, 2.75) is 10.6 Å². The van der Waals surface area contributed by atoms with E-state index in [1.165, 1.54) is 20.1 Å². The molecule has 0 aliphatic carbocycles. The molecule has 0 N–H and O–H groups in total. The van der Waals surface area contributed by atoms with E-state index >= 15 is 0 Å². The normalized spacial score (nSPS) is 10.5. The maximum absolute atomic E-state index is 5.23. The molecule has 3 rings (SSSR count). The fourth-order valence-electron chi connectivity index (χ4n) is 2.49. The van der Waals surface area contributed by atoms with Gasteiger partial charge in [-0.05, 0) is 0 Å². The Morgan fingerprint density at radius 2 is 1.04 bits per heavy atom. The molecular weight excluding hydrogens is 454 g/mol. The Balaban J connectivity index is 1.55. The van der Waals surface area contributed by atoms with Gasteiger partial charge >= 0.3 is 169 Å². The minimum atomic E-state index is 0.450. The van der Waals surface area contributed by atoms with Gasteiger partial charge in [0.15, 0.2) is 0 Å². The van der Waals surface area contributed by atoms with E-state index in [1.54, 1.807) is 14.2 Å². The summed E-state index contributed by atoms with van der Waals surface area (Å²) in [6, 6.07) is 25.9. The molecule has 0 radical (unpaired) electrons. The average Bonchev–Trinajstić information content (AvgIpc) is 2.72. The third kappa shape index (κ3) is 5.65. The van der Waals surface area contributed by atoms with Gasteiger partial charge in [-0.1, -0.05) is 0 Å². The van der Waals surface area contributed by atoms with Gasteiger partial charge in [-0.2, -0.15) is 0 Å². The summed E-state index contributed by atoms with van der Waals surface area (Å²) >= 11 is 0.901. The molecule has 0 fully saturated rings. The van der Waals surface area contributed by atoms with Gasteiger partial charge in [0.1, 0.15) is 0 Å². The van der Waals surface area contributed by atoms with Crippen LogP contribution < -0.4 is 18.4 Å². The Labute approximate surface area is 168 Å².